The SMILES string of the molecule is C=Cc1ccccc1N(Cc1ccccc1CC)C(=O)CCNC(=O)C1CCC2(CC1)CCN(C(=O)CCOCCC(=O)N[C@H](C(=O)N[C@@H](CCCCN)C(=O)NCC(=O)N[C@H]1CCc3c(C)c(F)cc4nc5c(c1c34)Cn1c-5cc3c(c1=O)COC(=O)[C@]3(O)CC)C(C)C)CC2. The second kappa shape index (κ2) is 31.2. The third-order valence-corrected chi connectivity index (χ3v) is 20.7. The topological polar surface area (TPSA) is 303 Å². The molecule has 0 unspecified atom stereocenters. The Labute approximate surface area is 565 Å². The molecule has 2 fully saturated rings. The summed E-state index contributed by atoms with van der Waals surface area (Å²) in [6.45, 7) is 14.4. The zero-order valence-electron chi connectivity index (χ0n) is 56.5. The molecule has 0 radical (unpaired) electrons. The molecule has 0 bridgehead atoms. The normalized spacial score (nSPS) is 18.3. The maximum atomic E-state index is 15.6. The highest BCUT2D eigenvalue weighted by Gasteiger charge is 2.47. The van der Waals surface area contributed by atoms with Gasteiger partial charge in [0, 0.05) is 61.0 Å². The summed E-state index contributed by atoms with van der Waals surface area (Å²) in [6, 6.07) is 15.9. The largest absolute Gasteiger partial charge is 0.458 e. The van der Waals surface area contributed by atoms with Crippen molar-refractivity contribution in [1.29, 1.82) is 0 Å². The molecule has 1 saturated carbocycles. The molecule has 10 rings (SSSR count). The number of nitrogens with one attached hydrogen (secondary N) is 5. The molecule has 4 atom stereocenters. The number of amides is 7. The Morgan fingerprint density at radius 1 is 0.876 bits per heavy atom. The van der Waals surface area contributed by atoms with E-state index in [-0.39, 0.29) is 105 Å². The molecule has 7 amide bonds. The van der Waals surface area contributed by atoms with Crippen LogP contribution in [-0.2, 0) is 86.0 Å². The van der Waals surface area contributed by atoms with Crippen LogP contribution in [0.5, 0.6) is 0 Å². The molecule has 3 aliphatic heterocycles. The van der Waals surface area contributed by atoms with Gasteiger partial charge in [0.15, 0.2) is 5.60 Å². The number of esters is 1. The number of fused-ring (bicyclic) bond motifs is 5. The van der Waals surface area contributed by atoms with Crippen molar-refractivity contribution in [2.45, 2.75) is 181 Å². The van der Waals surface area contributed by atoms with E-state index in [1.165, 1.54) is 16.2 Å². The predicted molar refractivity (Wildman–Crippen MR) is 364 cm³/mol. The zero-order valence-corrected chi connectivity index (χ0v) is 56.5. The molecule has 5 heterocycles. The lowest BCUT2D eigenvalue weighted by Crippen LogP contribution is -2.56. The number of hydrogen-bond donors (Lipinski definition) is 7. The number of anilines is 1. The van der Waals surface area contributed by atoms with Gasteiger partial charge in [-0.2, -0.15) is 0 Å². The number of benzene rings is 3. The van der Waals surface area contributed by atoms with Crippen LogP contribution < -0.4 is 42.8 Å². The number of ether oxygens (including phenoxy) is 2. The van der Waals surface area contributed by atoms with Crippen LogP contribution in [-0.4, -0.2) is 125 Å². The number of aromatic nitrogens is 2. The molecule has 3 aromatic carbocycles. The van der Waals surface area contributed by atoms with Crippen molar-refractivity contribution >= 4 is 70.0 Å². The number of cyclic esters (lactones) is 1. The highest BCUT2D eigenvalue weighted by Crippen LogP contribution is 2.48. The smallest absolute Gasteiger partial charge is 0.343 e. The fraction of sp³-hybridized carbons (Fsp3) is 0.514. The summed E-state index contributed by atoms with van der Waals surface area (Å²) in [5.74, 6) is -4.27. The van der Waals surface area contributed by atoms with Crippen molar-refractivity contribution in [2.24, 2.45) is 23.0 Å². The first-order valence-corrected chi connectivity index (χ1v) is 34.5. The molecule has 1 saturated heterocycles. The minimum atomic E-state index is -2.06. The number of carbonyl (C=O) groups excluding carboxylic acids is 8. The lowest BCUT2D eigenvalue weighted by Gasteiger charge is -2.45. The van der Waals surface area contributed by atoms with E-state index in [9.17, 15) is 48.3 Å². The molecule has 5 aromatic rings. The predicted octanol–water partition coefficient (Wildman–Crippen LogP) is 7.04. The number of aryl methyl sites for hydroxylation is 2. The van der Waals surface area contributed by atoms with Crippen LogP contribution in [0.2, 0.25) is 0 Å². The Balaban J connectivity index is 0.655. The van der Waals surface area contributed by atoms with E-state index in [4.69, 9.17) is 20.2 Å². The third-order valence-electron chi connectivity index (χ3n) is 20.7. The molecule has 23 heteroatoms. The number of carbonyl (C=O) groups is 8. The highest BCUT2D eigenvalue weighted by molar-refractivity contribution is 5.97. The van der Waals surface area contributed by atoms with Gasteiger partial charge in [0.25, 0.3) is 5.56 Å². The lowest BCUT2D eigenvalue weighted by molar-refractivity contribution is -0.172. The Kier molecular flexibility index (Phi) is 22.9. The Morgan fingerprint density at radius 3 is 2.31 bits per heavy atom. The van der Waals surface area contributed by atoms with Gasteiger partial charge in [0.05, 0.1) is 73.5 Å². The minimum Gasteiger partial charge on any atom is -0.458 e. The van der Waals surface area contributed by atoms with Crippen molar-refractivity contribution in [1.82, 2.24) is 41.0 Å². The zero-order chi connectivity index (χ0) is 69.3. The van der Waals surface area contributed by atoms with Crippen LogP contribution in [0, 0.1) is 30.0 Å². The number of nitrogens with zero attached hydrogens (tertiary/aromatic N) is 4. The summed E-state index contributed by atoms with van der Waals surface area (Å²) in [5, 5.41) is 26.5. The summed E-state index contributed by atoms with van der Waals surface area (Å²) in [4.78, 5) is 131. The molecule has 8 N–H and O–H groups in total. The minimum absolute atomic E-state index is 0.00135. The van der Waals surface area contributed by atoms with Gasteiger partial charge in [0.1, 0.15) is 24.5 Å². The summed E-state index contributed by atoms with van der Waals surface area (Å²) < 4.78 is 28.1. The number of piperidine rings is 1. The average Bonchev–Trinajstić information content (AvgIpc) is 1.62. The van der Waals surface area contributed by atoms with Gasteiger partial charge in [-0.3, -0.25) is 38.4 Å². The summed E-state index contributed by atoms with van der Waals surface area (Å²) in [6.07, 6.45) is 9.64. The van der Waals surface area contributed by atoms with Crippen LogP contribution in [0.4, 0.5) is 10.1 Å². The quantitative estimate of drug-likeness (QED) is 0.0192. The van der Waals surface area contributed by atoms with Crippen LogP contribution in [0.15, 0.2) is 72.0 Å². The molecule has 518 valence electrons. The van der Waals surface area contributed by atoms with E-state index < -0.39 is 77.2 Å². The Hall–Kier alpha value is -8.67. The van der Waals surface area contributed by atoms with E-state index in [1.807, 2.05) is 41.3 Å². The van der Waals surface area contributed by atoms with Gasteiger partial charge in [-0.15, -0.1) is 0 Å². The fourth-order valence-electron chi connectivity index (χ4n) is 14.9. The Bertz CT molecular complexity index is 3910. The van der Waals surface area contributed by atoms with E-state index in [2.05, 4.69) is 52.2 Å². The number of nitrogens with two attached hydrogens (primary N) is 1. The first kappa shape index (κ1) is 71.1. The van der Waals surface area contributed by atoms with Gasteiger partial charge in [-0.1, -0.05) is 82.8 Å². The van der Waals surface area contributed by atoms with Crippen molar-refractivity contribution in [3.8, 4) is 11.4 Å². The number of aliphatic hydroxyl groups is 1. The molecule has 5 aliphatic rings. The van der Waals surface area contributed by atoms with Crippen LogP contribution in [0.1, 0.15) is 174 Å². The molecule has 1 spiro atoms. The maximum Gasteiger partial charge on any atom is 0.343 e. The van der Waals surface area contributed by atoms with Gasteiger partial charge < -0.3 is 61.3 Å². The molecular formula is C74H93FN10O12. The van der Waals surface area contributed by atoms with Crippen LogP contribution in [0.3, 0.4) is 0 Å². The molecular weight excluding hydrogens is 1240 g/mol. The molecule has 97 heavy (non-hydrogen) atoms. The number of rotatable bonds is 28. The van der Waals surface area contributed by atoms with Gasteiger partial charge >= 0.3 is 5.97 Å². The molecule has 2 aromatic heterocycles. The Morgan fingerprint density at radius 2 is 1.60 bits per heavy atom. The number of pyridine rings is 2. The standard InChI is InChI=1S/C74H93FN10O12/c1-7-46-16-10-11-18-49(46)41-84(58-20-13-12-17-47(58)8-2)63(89)25-33-77-68(90)48-23-28-73(29-24-48)30-34-83(35-31-73)62(88)27-37-96-36-26-60(86)82-66(44(4)5)70(92)81-56(19-14-15-32-76)69(91)78-40-61(87)79-55-22-21-50-45(6)54(75)39-57-64(50)65(55)51-42-85-59(67(51)80-57)38-53-52(71(85)93)43-97-72(94)74(53,95)9-3/h8,10-13,16-18,20,38-39,44,48,55-56,66,95H,2,7,9,14-15,19,21-37,40-43,76H2,1,3-6H3,(H,77,90)(H,78,91)(H,79,87)(H,81,92)(H,82,86)/t55-,56-,66-,74-/m0/s1. The van der Waals surface area contributed by atoms with Crippen LogP contribution in [0.25, 0.3) is 28.4 Å². The summed E-state index contributed by atoms with van der Waals surface area (Å²) >= 11 is 0. The van der Waals surface area contributed by atoms with Gasteiger partial charge in [-0.25, -0.2) is 14.2 Å². The third kappa shape index (κ3) is 15.5. The monoisotopic (exact) mass is 1330 g/mol. The van der Waals surface area contributed by atoms with Crippen molar-refractivity contribution < 1.29 is 57.3 Å². The summed E-state index contributed by atoms with van der Waals surface area (Å²) in [5.41, 5.74) is 10.9. The van der Waals surface area contributed by atoms with E-state index in [1.54, 1.807) is 44.7 Å². The number of para-hydroxylation sites is 1. The number of likely N-dealkylation sites (tertiary alicyclic amines) is 1. The highest BCUT2D eigenvalue weighted by atomic mass is 19.1. The van der Waals surface area contributed by atoms with Gasteiger partial charge in [-0.05, 0) is 154 Å². The fourth-order valence-corrected chi connectivity index (χ4v) is 14.9. The first-order chi connectivity index (χ1) is 46.6. The molecule has 22 nitrogen and oxygen atoms in total. The summed E-state index contributed by atoms with van der Waals surface area (Å²) in [7, 11) is 0. The van der Waals surface area contributed by atoms with Crippen molar-refractivity contribution in [2.75, 3.05) is 50.8 Å². The van der Waals surface area contributed by atoms with Crippen molar-refractivity contribution in [3.05, 3.63) is 133 Å². The number of halogens is 1. The molecule has 2 aliphatic carbocycles. The number of hydrogen-bond acceptors (Lipinski definition) is 14. The first-order valence-electron chi connectivity index (χ1n) is 34.5. The van der Waals surface area contributed by atoms with Crippen LogP contribution >= 0.6 is 0 Å². The number of unbranched alkanes of at least 4 members (excludes halogenated alkanes) is 1. The average molecular weight is 1330 g/mol. The maximum absolute atomic E-state index is 15.6. The van der Waals surface area contributed by atoms with Gasteiger partial charge in [0.2, 0.25) is 41.4 Å². The van der Waals surface area contributed by atoms with E-state index >= 15 is 4.39 Å². The second-order valence-corrected chi connectivity index (χ2v) is 27.0. The van der Waals surface area contributed by atoms with E-state index in [0.717, 1.165) is 67.3 Å². The van der Waals surface area contributed by atoms with Crippen molar-refractivity contribution in [3.63, 3.8) is 0 Å². The van der Waals surface area contributed by atoms with E-state index in [0.29, 0.717) is 90.8 Å². The lowest BCUT2D eigenvalue weighted by atomic mass is 9.65. The second-order valence-electron chi connectivity index (χ2n) is 27.0.